The maximum Gasteiger partial charge on any atom is 0.297 e. The maximum absolute atomic E-state index is 14.7. The number of nitrogen functional groups attached to an aromatic ring is 1. The van der Waals surface area contributed by atoms with E-state index in [0.717, 1.165) is 5.56 Å². The minimum Gasteiger partial charge on any atom is -0.497 e. The zero-order valence-corrected chi connectivity index (χ0v) is 42.6. The lowest BCUT2D eigenvalue weighted by Crippen LogP contribution is -2.57. The van der Waals surface area contributed by atoms with Crippen LogP contribution >= 0.6 is 0 Å². The Morgan fingerprint density at radius 2 is 1.03 bits per heavy atom. The van der Waals surface area contributed by atoms with Gasteiger partial charge < -0.3 is 39.3 Å². The van der Waals surface area contributed by atoms with Gasteiger partial charge in [-0.15, -0.1) is 0 Å². The highest BCUT2D eigenvalue weighted by molar-refractivity contribution is 7.86. The number of fused-ring (bicyclic) bond motifs is 1. The zero-order chi connectivity index (χ0) is 52.3. The third kappa shape index (κ3) is 9.21. The molecule has 0 radical (unpaired) electrons. The van der Waals surface area contributed by atoms with Gasteiger partial charge >= 0.3 is 0 Å². The number of nitrogens with two attached hydrogens (primary N) is 1. The molecule has 0 amide bonds. The summed E-state index contributed by atoms with van der Waals surface area (Å²) in [5.74, 6) is 2.46. The second kappa shape index (κ2) is 21.0. The Kier molecular flexibility index (Phi) is 14.1. The molecule has 382 valence electrons. The summed E-state index contributed by atoms with van der Waals surface area (Å²) in [6.07, 6.45) is -5.09. The summed E-state index contributed by atoms with van der Waals surface area (Å²) in [4.78, 5) is 13.1. The van der Waals surface area contributed by atoms with Gasteiger partial charge in [-0.2, -0.15) is 8.42 Å². The molecule has 1 saturated heterocycles. The molecular formula is C59H55N5O10S. The first-order valence-electron chi connectivity index (χ1n) is 24.1. The number of aromatic nitrogens is 4. The van der Waals surface area contributed by atoms with E-state index in [1.165, 1.54) is 29.4 Å². The van der Waals surface area contributed by atoms with Crippen LogP contribution in [0.3, 0.4) is 0 Å². The number of hydrogen-bond donors (Lipinski definition) is 2. The average molecular weight is 1030 g/mol. The van der Waals surface area contributed by atoms with Crippen LogP contribution in [-0.2, 0) is 34.8 Å². The van der Waals surface area contributed by atoms with Crippen LogP contribution in [0.25, 0.3) is 11.2 Å². The fraction of sp³-hybridized carbons (Fsp3) is 0.203. The van der Waals surface area contributed by atoms with Crippen LogP contribution in [0.15, 0.2) is 200 Å². The molecule has 3 heterocycles. The van der Waals surface area contributed by atoms with Crippen molar-refractivity contribution in [3.8, 4) is 23.0 Å². The normalized spacial score (nSPS) is 17.4. The van der Waals surface area contributed by atoms with Gasteiger partial charge in [-0.05, 0) is 101 Å². The SMILES string of the molecule is COc1ccc(C(OC([C@H]2O[C@@H](n3cnc4c(N)ncnc43)[C@H](OS(=O)(=O)c3ccc(C)cc3)[C@@H]2O)C(c2ccccc2)(c2ccc(OC)cc2)c2ccc(OC)cc2)(c2ccccc2)c2ccc(OC)cc2)cc1. The Bertz CT molecular complexity index is 3380. The highest BCUT2D eigenvalue weighted by Crippen LogP contribution is 2.54. The second-order valence-electron chi connectivity index (χ2n) is 18.1. The molecule has 5 atom stereocenters. The summed E-state index contributed by atoms with van der Waals surface area (Å²) in [6.45, 7) is 1.85. The fourth-order valence-corrected chi connectivity index (χ4v) is 11.3. The Labute approximate surface area is 435 Å². The van der Waals surface area contributed by atoms with Crippen LogP contribution in [0.1, 0.15) is 45.2 Å². The first kappa shape index (κ1) is 50.4. The molecule has 7 aromatic carbocycles. The van der Waals surface area contributed by atoms with Crippen molar-refractivity contribution < 1.29 is 46.1 Å². The van der Waals surface area contributed by atoms with E-state index < -0.39 is 51.8 Å². The van der Waals surface area contributed by atoms with Crippen LogP contribution in [0.5, 0.6) is 23.0 Å². The molecule has 0 aliphatic carbocycles. The smallest absolute Gasteiger partial charge is 0.297 e. The van der Waals surface area contributed by atoms with Crippen LogP contribution in [-0.4, -0.2) is 85.9 Å². The molecule has 0 spiro atoms. The average Bonchev–Trinajstić information content (AvgIpc) is 4.04. The lowest BCUT2D eigenvalue weighted by molar-refractivity contribution is -0.159. The van der Waals surface area contributed by atoms with E-state index in [2.05, 4.69) is 15.0 Å². The molecule has 75 heavy (non-hydrogen) atoms. The Morgan fingerprint density at radius 3 is 1.51 bits per heavy atom. The van der Waals surface area contributed by atoms with E-state index in [1.54, 1.807) is 40.6 Å². The Balaban J connectivity index is 1.33. The predicted octanol–water partition coefficient (Wildman–Crippen LogP) is 9.20. The molecule has 10 rings (SSSR count). The monoisotopic (exact) mass is 1030 g/mol. The molecule has 1 aliphatic heterocycles. The molecule has 0 saturated carbocycles. The molecule has 15 nitrogen and oxygen atoms in total. The number of benzene rings is 7. The van der Waals surface area contributed by atoms with Crippen molar-refractivity contribution in [2.75, 3.05) is 34.2 Å². The van der Waals surface area contributed by atoms with Gasteiger partial charge in [0.1, 0.15) is 58.8 Å². The molecular weight excluding hydrogens is 971 g/mol. The first-order valence-corrected chi connectivity index (χ1v) is 25.5. The van der Waals surface area contributed by atoms with Gasteiger partial charge in [0.25, 0.3) is 10.1 Å². The van der Waals surface area contributed by atoms with Gasteiger partial charge in [0, 0.05) is 0 Å². The first-order chi connectivity index (χ1) is 36.4. The van der Waals surface area contributed by atoms with E-state index in [0.29, 0.717) is 56.4 Å². The lowest BCUT2D eigenvalue weighted by Gasteiger charge is -2.49. The molecule has 0 bridgehead atoms. The molecule has 9 aromatic rings. The number of aliphatic hydroxyl groups excluding tert-OH is 1. The summed E-state index contributed by atoms with van der Waals surface area (Å²) >= 11 is 0. The number of anilines is 1. The number of aryl methyl sites for hydroxylation is 1. The van der Waals surface area contributed by atoms with Crippen molar-refractivity contribution in [3.63, 3.8) is 0 Å². The number of methoxy groups -OCH3 is 4. The van der Waals surface area contributed by atoms with E-state index in [1.807, 2.05) is 165 Å². The highest BCUT2D eigenvalue weighted by atomic mass is 32.2. The number of hydrogen-bond acceptors (Lipinski definition) is 14. The molecule has 1 aliphatic rings. The number of ether oxygens (including phenoxy) is 6. The Hall–Kier alpha value is -8.12. The standard InChI is InChI=1S/C59H55N5O10S/c1-38-16-34-49(35-17-38)75(66,67)74-53-51(65)52(72-57(53)64-37-63-50-55(60)61-36-62-56(50)64)54(58(39-12-8-6-9-13-39,40-18-26-45(68-2)27-19-40)41-20-28-46(69-3)29-21-41)73-59(42-14-10-7-11-15-42,43-22-30-47(70-4)31-23-43)44-24-32-48(71-5)33-25-44/h6-37,51-54,57,65H,1-5H3,(H2,60,61,62)/t51-,52+,53-,54?,57-/m1/s1. The number of rotatable bonds is 18. The fourth-order valence-electron chi connectivity index (χ4n) is 10.2. The van der Waals surface area contributed by atoms with Crippen molar-refractivity contribution in [2.24, 2.45) is 0 Å². The van der Waals surface area contributed by atoms with Gasteiger partial charge in [0.2, 0.25) is 0 Å². The highest BCUT2D eigenvalue weighted by Gasteiger charge is 2.60. The van der Waals surface area contributed by atoms with E-state index in [-0.39, 0.29) is 21.9 Å². The zero-order valence-electron chi connectivity index (χ0n) is 41.8. The van der Waals surface area contributed by atoms with Crippen molar-refractivity contribution in [3.05, 3.63) is 234 Å². The molecule has 1 unspecified atom stereocenters. The molecule has 16 heteroatoms. The molecule has 2 aromatic heterocycles. The number of imidazole rings is 1. The molecule has 3 N–H and O–H groups in total. The van der Waals surface area contributed by atoms with Crippen LogP contribution in [0.4, 0.5) is 5.82 Å². The summed E-state index contributed by atoms with van der Waals surface area (Å²) in [5.41, 5.74) is 8.67. The summed E-state index contributed by atoms with van der Waals surface area (Å²) < 4.78 is 75.9. The number of nitrogens with zero attached hydrogens (tertiary/aromatic N) is 4. The topological polar surface area (TPSA) is 189 Å². The summed E-state index contributed by atoms with van der Waals surface area (Å²) in [6, 6.07) is 56.2. The number of aliphatic hydroxyl groups is 1. The second-order valence-corrected chi connectivity index (χ2v) is 19.6. The largest absolute Gasteiger partial charge is 0.497 e. The minimum absolute atomic E-state index is 0.0773. The third-order valence-electron chi connectivity index (χ3n) is 14.0. The van der Waals surface area contributed by atoms with Crippen molar-refractivity contribution >= 4 is 27.1 Å². The van der Waals surface area contributed by atoms with Crippen molar-refractivity contribution in [1.29, 1.82) is 0 Å². The lowest BCUT2D eigenvalue weighted by atomic mass is 9.63. The van der Waals surface area contributed by atoms with Gasteiger partial charge in [-0.3, -0.25) is 8.75 Å². The van der Waals surface area contributed by atoms with Crippen LogP contribution in [0.2, 0.25) is 0 Å². The third-order valence-corrected chi connectivity index (χ3v) is 15.3. The van der Waals surface area contributed by atoms with Gasteiger partial charge in [0.05, 0.1) is 45.1 Å². The van der Waals surface area contributed by atoms with Gasteiger partial charge in [-0.25, -0.2) is 15.0 Å². The predicted molar refractivity (Wildman–Crippen MR) is 282 cm³/mol. The summed E-state index contributed by atoms with van der Waals surface area (Å²) in [7, 11) is 1.76. The van der Waals surface area contributed by atoms with E-state index in [9.17, 15) is 13.5 Å². The van der Waals surface area contributed by atoms with E-state index >= 15 is 0 Å². The molecule has 1 fully saturated rings. The quantitative estimate of drug-likeness (QED) is 0.0611. The maximum atomic E-state index is 14.7. The van der Waals surface area contributed by atoms with E-state index in [4.69, 9.17) is 38.3 Å². The van der Waals surface area contributed by atoms with Crippen LogP contribution < -0.4 is 24.7 Å². The Morgan fingerprint density at radius 1 is 0.587 bits per heavy atom. The minimum atomic E-state index is -4.64. The van der Waals surface area contributed by atoms with Crippen molar-refractivity contribution in [1.82, 2.24) is 19.5 Å². The van der Waals surface area contributed by atoms with Crippen LogP contribution in [0, 0.1) is 6.92 Å². The van der Waals surface area contributed by atoms with Gasteiger partial charge in [-0.1, -0.05) is 127 Å². The summed E-state index contributed by atoms with van der Waals surface area (Å²) in [5, 5.41) is 13.6. The van der Waals surface area contributed by atoms with Gasteiger partial charge in [0.15, 0.2) is 23.8 Å². The van der Waals surface area contributed by atoms with Crippen molar-refractivity contribution in [2.45, 2.75) is 53.5 Å².